The second-order valence-corrected chi connectivity index (χ2v) is 8.67. The Morgan fingerprint density at radius 1 is 1.06 bits per heavy atom. The topological polar surface area (TPSA) is 155 Å². The number of carbonyl (C=O) groups is 3. The number of carboxylic acid groups (broad SMARTS) is 1. The number of urea groups is 1. The Hall–Kier alpha value is -3.85. The number of aromatic amines is 1. The van der Waals surface area contributed by atoms with Gasteiger partial charge in [-0.05, 0) is 36.5 Å². The lowest BCUT2D eigenvalue weighted by Gasteiger charge is -2.28. The highest BCUT2D eigenvalue weighted by atomic mass is 16.4. The summed E-state index contributed by atoms with van der Waals surface area (Å²) < 4.78 is 0. The standard InChI is InChI=1S/C20H20N2O3.C6H13N3O/c23-19(11-10-14-6-2-1-3-7-14)22-18(20(24)25)12-15-13-21-17-9-5-4-8-16(15)17;7-5-1-3-9(4-2-5)6(8)10/h1-9,13,18,21H,10-12H2,(H,22,23)(H,24,25);5H,1-4,7H2,(H2,8,10). The lowest BCUT2D eigenvalue weighted by atomic mass is 10.0. The fourth-order valence-electron chi connectivity index (χ4n) is 4.01. The number of carbonyl (C=O) groups excluding carboxylic acids is 2. The number of primary amides is 1. The minimum Gasteiger partial charge on any atom is -0.480 e. The minimum atomic E-state index is -1.03. The first kappa shape index (κ1) is 25.8. The summed E-state index contributed by atoms with van der Waals surface area (Å²) in [5.74, 6) is -1.28. The number of rotatable bonds is 7. The SMILES string of the molecule is NC(=O)N1CCC(N)CC1.O=C(CCc1ccccc1)NC(Cc1c[nH]c2ccccc12)C(=O)O. The van der Waals surface area contributed by atoms with Gasteiger partial charge in [-0.3, -0.25) is 4.79 Å². The maximum atomic E-state index is 12.1. The van der Waals surface area contributed by atoms with E-state index in [1.54, 1.807) is 11.1 Å². The summed E-state index contributed by atoms with van der Waals surface area (Å²) in [6.45, 7) is 1.44. The third kappa shape index (κ3) is 7.86. The smallest absolute Gasteiger partial charge is 0.326 e. The van der Waals surface area contributed by atoms with Crippen LogP contribution in [-0.4, -0.2) is 58.1 Å². The summed E-state index contributed by atoms with van der Waals surface area (Å²) >= 11 is 0. The lowest BCUT2D eigenvalue weighted by Crippen LogP contribution is -2.45. The normalized spacial score (nSPS) is 14.6. The van der Waals surface area contributed by atoms with Crippen molar-refractivity contribution in [2.45, 2.75) is 44.2 Å². The van der Waals surface area contributed by atoms with Crippen LogP contribution in [0.5, 0.6) is 0 Å². The van der Waals surface area contributed by atoms with E-state index in [0.717, 1.165) is 48.0 Å². The van der Waals surface area contributed by atoms with Crippen molar-refractivity contribution >= 4 is 28.8 Å². The molecule has 3 amide bonds. The number of carboxylic acids is 1. The van der Waals surface area contributed by atoms with Gasteiger partial charge in [-0.25, -0.2) is 9.59 Å². The van der Waals surface area contributed by atoms with Crippen molar-refractivity contribution < 1.29 is 19.5 Å². The maximum absolute atomic E-state index is 12.1. The molecule has 1 aromatic heterocycles. The third-order valence-electron chi connectivity index (χ3n) is 6.07. The van der Waals surface area contributed by atoms with Gasteiger partial charge in [-0.1, -0.05) is 48.5 Å². The number of amides is 3. The van der Waals surface area contributed by atoms with E-state index in [9.17, 15) is 19.5 Å². The predicted octanol–water partition coefficient (Wildman–Crippen LogP) is 2.40. The van der Waals surface area contributed by atoms with E-state index in [1.165, 1.54) is 0 Å². The van der Waals surface area contributed by atoms with Crippen molar-refractivity contribution in [3.05, 3.63) is 71.9 Å². The molecule has 35 heavy (non-hydrogen) atoms. The predicted molar refractivity (Wildman–Crippen MR) is 135 cm³/mol. The van der Waals surface area contributed by atoms with Gasteiger partial charge in [-0.2, -0.15) is 0 Å². The number of fused-ring (bicyclic) bond motifs is 1. The molecule has 9 nitrogen and oxygen atoms in total. The quantitative estimate of drug-likeness (QED) is 0.352. The molecule has 1 saturated heterocycles. The minimum absolute atomic E-state index is 0.246. The molecule has 1 fully saturated rings. The number of aryl methyl sites for hydroxylation is 1. The molecule has 7 N–H and O–H groups in total. The van der Waals surface area contributed by atoms with Crippen LogP contribution in [-0.2, 0) is 22.4 Å². The summed E-state index contributed by atoms with van der Waals surface area (Å²) in [6, 6.07) is 16.4. The highest BCUT2D eigenvalue weighted by molar-refractivity contribution is 5.86. The molecule has 2 aromatic carbocycles. The van der Waals surface area contributed by atoms with Crippen molar-refractivity contribution in [3.8, 4) is 0 Å². The molecule has 186 valence electrons. The molecule has 0 saturated carbocycles. The van der Waals surface area contributed by atoms with Crippen LogP contribution in [0.3, 0.4) is 0 Å². The number of nitrogens with zero attached hydrogens (tertiary/aromatic N) is 1. The van der Waals surface area contributed by atoms with Gasteiger partial charge in [0, 0.05) is 49.1 Å². The number of likely N-dealkylation sites (tertiary alicyclic amines) is 1. The maximum Gasteiger partial charge on any atom is 0.326 e. The second-order valence-electron chi connectivity index (χ2n) is 8.67. The molecule has 1 atom stereocenters. The van der Waals surface area contributed by atoms with Crippen LogP contribution in [0.25, 0.3) is 10.9 Å². The van der Waals surface area contributed by atoms with Crippen LogP contribution in [0.2, 0.25) is 0 Å². The third-order valence-corrected chi connectivity index (χ3v) is 6.07. The van der Waals surface area contributed by atoms with Gasteiger partial charge in [-0.15, -0.1) is 0 Å². The summed E-state index contributed by atoms with van der Waals surface area (Å²) in [5, 5.41) is 13.1. The first-order valence-corrected chi connectivity index (χ1v) is 11.7. The lowest BCUT2D eigenvalue weighted by molar-refractivity contribution is -0.141. The van der Waals surface area contributed by atoms with Gasteiger partial charge in [0.2, 0.25) is 5.91 Å². The monoisotopic (exact) mass is 479 g/mol. The van der Waals surface area contributed by atoms with Gasteiger partial charge >= 0.3 is 12.0 Å². The Kier molecular flexibility index (Phi) is 9.25. The van der Waals surface area contributed by atoms with Crippen molar-refractivity contribution in [1.82, 2.24) is 15.2 Å². The van der Waals surface area contributed by atoms with Gasteiger partial charge in [0.15, 0.2) is 0 Å². The number of hydrogen-bond donors (Lipinski definition) is 5. The Morgan fingerprint density at radius 2 is 1.71 bits per heavy atom. The first-order valence-electron chi connectivity index (χ1n) is 11.7. The average Bonchev–Trinajstić information content (AvgIpc) is 3.26. The molecule has 3 aromatic rings. The largest absolute Gasteiger partial charge is 0.480 e. The summed E-state index contributed by atoms with van der Waals surface area (Å²) in [6.07, 6.45) is 4.66. The molecule has 9 heteroatoms. The van der Waals surface area contributed by atoms with E-state index in [4.69, 9.17) is 11.5 Å². The second kappa shape index (κ2) is 12.6. The number of aromatic nitrogens is 1. The molecule has 0 bridgehead atoms. The molecule has 1 unspecified atom stereocenters. The molecule has 1 aliphatic rings. The van der Waals surface area contributed by atoms with Gasteiger partial charge in [0.05, 0.1) is 0 Å². The Balaban J connectivity index is 0.000000287. The molecular weight excluding hydrogens is 446 g/mol. The molecule has 4 rings (SSSR count). The van der Waals surface area contributed by atoms with Gasteiger partial charge < -0.3 is 31.8 Å². The van der Waals surface area contributed by atoms with Crippen molar-refractivity contribution in [2.75, 3.05) is 13.1 Å². The zero-order valence-electron chi connectivity index (χ0n) is 19.7. The molecule has 0 radical (unpaired) electrons. The van der Waals surface area contributed by atoms with Crippen LogP contribution in [0, 0.1) is 0 Å². The van der Waals surface area contributed by atoms with Crippen LogP contribution in [0.15, 0.2) is 60.8 Å². The fourth-order valence-corrected chi connectivity index (χ4v) is 4.01. The number of nitrogens with one attached hydrogen (secondary N) is 2. The number of hydrogen-bond acceptors (Lipinski definition) is 4. The Bertz CT molecular complexity index is 1120. The number of nitrogens with two attached hydrogens (primary N) is 2. The van der Waals surface area contributed by atoms with Crippen LogP contribution >= 0.6 is 0 Å². The van der Waals surface area contributed by atoms with E-state index in [2.05, 4.69) is 10.3 Å². The number of H-pyrrole nitrogens is 1. The van der Waals surface area contributed by atoms with Gasteiger partial charge in [0.25, 0.3) is 0 Å². The van der Waals surface area contributed by atoms with E-state index in [1.807, 2.05) is 54.6 Å². The van der Waals surface area contributed by atoms with Crippen molar-refractivity contribution in [1.29, 1.82) is 0 Å². The Labute approximate surface area is 204 Å². The molecule has 2 heterocycles. The van der Waals surface area contributed by atoms with Crippen LogP contribution in [0.1, 0.15) is 30.4 Å². The number of piperidine rings is 1. The van der Waals surface area contributed by atoms with Crippen molar-refractivity contribution in [3.63, 3.8) is 0 Å². The average molecular weight is 480 g/mol. The highest BCUT2D eigenvalue weighted by Crippen LogP contribution is 2.19. The zero-order valence-corrected chi connectivity index (χ0v) is 19.7. The molecule has 1 aliphatic heterocycles. The first-order chi connectivity index (χ1) is 16.8. The van der Waals surface area contributed by atoms with E-state index in [-0.39, 0.29) is 30.8 Å². The van der Waals surface area contributed by atoms with Gasteiger partial charge in [0.1, 0.15) is 6.04 Å². The molecule has 0 spiro atoms. The summed E-state index contributed by atoms with van der Waals surface area (Å²) in [7, 11) is 0. The van der Waals surface area contributed by atoms with E-state index >= 15 is 0 Å². The zero-order chi connectivity index (χ0) is 25.2. The summed E-state index contributed by atoms with van der Waals surface area (Å²) in [4.78, 5) is 39.0. The van der Waals surface area contributed by atoms with Crippen molar-refractivity contribution in [2.24, 2.45) is 11.5 Å². The highest BCUT2D eigenvalue weighted by Gasteiger charge is 2.22. The van der Waals surface area contributed by atoms with Crippen LogP contribution in [0.4, 0.5) is 4.79 Å². The number of para-hydroxylation sites is 1. The molecule has 0 aliphatic carbocycles. The Morgan fingerprint density at radius 3 is 2.37 bits per heavy atom. The van der Waals surface area contributed by atoms with E-state index in [0.29, 0.717) is 6.42 Å². The number of benzene rings is 2. The fraction of sp³-hybridized carbons (Fsp3) is 0.346. The summed E-state index contributed by atoms with van der Waals surface area (Å²) in [5.41, 5.74) is 13.6. The van der Waals surface area contributed by atoms with E-state index < -0.39 is 12.0 Å². The van der Waals surface area contributed by atoms with Crippen LogP contribution < -0.4 is 16.8 Å². The number of aliphatic carboxylic acids is 1. The molecular formula is C26H33N5O4.